The van der Waals surface area contributed by atoms with Crippen molar-refractivity contribution in [1.29, 1.82) is 0 Å². The third kappa shape index (κ3) is 3.71. The van der Waals surface area contributed by atoms with Gasteiger partial charge in [-0.05, 0) is 30.3 Å². The summed E-state index contributed by atoms with van der Waals surface area (Å²) in [6.07, 6.45) is 0. The van der Waals surface area contributed by atoms with Gasteiger partial charge in [-0.3, -0.25) is 24.6 Å². The number of nitrogens with zero attached hydrogens (tertiary/aromatic N) is 2. The van der Waals surface area contributed by atoms with E-state index in [1.807, 2.05) is 0 Å². The summed E-state index contributed by atoms with van der Waals surface area (Å²) < 4.78 is 5.30. The number of rotatable bonds is 4. The Morgan fingerprint density at radius 1 is 1.27 bits per heavy atom. The number of nitrogens with one attached hydrogen (secondary N) is 1. The van der Waals surface area contributed by atoms with Crippen LogP contribution in [0.1, 0.15) is 0 Å². The molecular formula is C16H11Cl2N3O5. The van der Waals surface area contributed by atoms with Crippen molar-refractivity contribution in [2.24, 2.45) is 0 Å². The third-order valence-corrected chi connectivity index (χ3v) is 4.15. The average molecular weight is 396 g/mol. The summed E-state index contributed by atoms with van der Waals surface area (Å²) in [5.74, 6) is -0.510. The number of nitro groups is 1. The Labute approximate surface area is 157 Å². The van der Waals surface area contributed by atoms with Crippen LogP contribution in [-0.2, 0) is 9.59 Å². The van der Waals surface area contributed by atoms with Gasteiger partial charge >= 0.3 is 0 Å². The maximum absolute atomic E-state index is 12.3. The number of hydrogen-bond acceptors (Lipinski definition) is 5. The fourth-order valence-electron chi connectivity index (χ4n) is 2.42. The fourth-order valence-corrected chi connectivity index (χ4v) is 2.78. The molecule has 3 rings (SSSR count). The minimum absolute atomic E-state index is 0.0417. The highest BCUT2D eigenvalue weighted by molar-refractivity contribution is 6.32. The molecule has 2 aromatic rings. The van der Waals surface area contributed by atoms with Gasteiger partial charge in [-0.25, -0.2) is 0 Å². The minimum Gasteiger partial charge on any atom is -0.482 e. The molecule has 1 heterocycles. The molecule has 0 radical (unpaired) electrons. The minimum atomic E-state index is -0.651. The van der Waals surface area contributed by atoms with Gasteiger partial charge in [0.05, 0.1) is 10.6 Å². The van der Waals surface area contributed by atoms with Crippen molar-refractivity contribution < 1.29 is 19.2 Å². The molecule has 0 aliphatic carbocycles. The molecule has 0 bridgehead atoms. The van der Waals surface area contributed by atoms with Gasteiger partial charge in [0.15, 0.2) is 6.61 Å². The van der Waals surface area contributed by atoms with Crippen LogP contribution < -0.4 is 15.0 Å². The van der Waals surface area contributed by atoms with Crippen molar-refractivity contribution in [3.63, 3.8) is 0 Å². The van der Waals surface area contributed by atoms with Crippen molar-refractivity contribution in [3.05, 3.63) is 56.6 Å². The van der Waals surface area contributed by atoms with Crippen LogP contribution in [0, 0.1) is 10.1 Å². The second-order valence-corrected chi connectivity index (χ2v) is 6.20. The molecule has 10 heteroatoms. The van der Waals surface area contributed by atoms with Crippen molar-refractivity contribution in [2.75, 3.05) is 23.4 Å². The summed E-state index contributed by atoms with van der Waals surface area (Å²) in [6, 6.07) is 8.63. The maximum Gasteiger partial charge on any atom is 0.289 e. The first-order valence-corrected chi connectivity index (χ1v) is 8.07. The molecule has 1 aliphatic heterocycles. The van der Waals surface area contributed by atoms with E-state index in [1.165, 1.54) is 23.1 Å². The molecule has 134 valence electrons. The number of carbonyl (C=O) groups is 2. The Kier molecular flexibility index (Phi) is 4.97. The molecule has 1 N–H and O–H groups in total. The SMILES string of the molecule is O=C(CN1C(=O)COc2ccc(Cl)cc21)Nc1ccc(Cl)c([N+](=O)[O-])c1. The topological polar surface area (TPSA) is 102 Å². The molecule has 0 fully saturated rings. The normalized spacial score (nSPS) is 13.0. The lowest BCUT2D eigenvalue weighted by Crippen LogP contribution is -2.43. The highest BCUT2D eigenvalue weighted by atomic mass is 35.5. The van der Waals surface area contributed by atoms with Crippen molar-refractivity contribution in [2.45, 2.75) is 0 Å². The van der Waals surface area contributed by atoms with E-state index in [0.29, 0.717) is 16.5 Å². The Morgan fingerprint density at radius 2 is 2.04 bits per heavy atom. The van der Waals surface area contributed by atoms with Crippen molar-refractivity contribution in [3.8, 4) is 5.75 Å². The van der Waals surface area contributed by atoms with Gasteiger partial charge in [-0.15, -0.1) is 0 Å². The number of benzene rings is 2. The summed E-state index contributed by atoms with van der Waals surface area (Å²) in [6.45, 7) is -0.500. The Morgan fingerprint density at radius 3 is 2.77 bits per heavy atom. The van der Waals surface area contributed by atoms with E-state index in [1.54, 1.807) is 12.1 Å². The third-order valence-electron chi connectivity index (χ3n) is 3.59. The second kappa shape index (κ2) is 7.19. The van der Waals surface area contributed by atoms with Crippen LogP contribution in [0.3, 0.4) is 0 Å². The standard InChI is InChI=1S/C16H11Cl2N3O5/c17-9-1-4-14-13(5-9)20(16(23)8-26-14)7-15(22)19-10-2-3-11(18)12(6-10)21(24)25/h1-6H,7-8H2,(H,19,22). The molecule has 8 nitrogen and oxygen atoms in total. The van der Waals surface area contributed by atoms with E-state index in [4.69, 9.17) is 27.9 Å². The van der Waals surface area contributed by atoms with Gasteiger partial charge in [-0.2, -0.15) is 0 Å². The maximum atomic E-state index is 12.3. The molecule has 0 atom stereocenters. The van der Waals surface area contributed by atoms with Crippen LogP contribution in [0.4, 0.5) is 17.1 Å². The molecular weight excluding hydrogens is 385 g/mol. The molecule has 0 unspecified atom stereocenters. The van der Waals surface area contributed by atoms with Crippen LogP contribution in [0.5, 0.6) is 5.75 Å². The van der Waals surface area contributed by atoms with Gasteiger partial charge in [0.2, 0.25) is 5.91 Å². The first kappa shape index (κ1) is 18.0. The number of amides is 2. The van der Waals surface area contributed by atoms with E-state index < -0.39 is 16.7 Å². The monoisotopic (exact) mass is 395 g/mol. The number of hydrogen-bond donors (Lipinski definition) is 1. The van der Waals surface area contributed by atoms with Crippen LogP contribution in [0.15, 0.2) is 36.4 Å². The van der Waals surface area contributed by atoms with E-state index in [2.05, 4.69) is 5.32 Å². The molecule has 2 amide bonds. The average Bonchev–Trinajstić information content (AvgIpc) is 2.59. The molecule has 0 spiro atoms. The zero-order valence-corrected chi connectivity index (χ0v) is 14.6. The van der Waals surface area contributed by atoms with Crippen LogP contribution in [-0.4, -0.2) is 29.9 Å². The molecule has 0 saturated carbocycles. The second-order valence-electron chi connectivity index (χ2n) is 5.35. The number of carbonyl (C=O) groups excluding carboxylic acids is 2. The summed E-state index contributed by atoms with van der Waals surface area (Å²) in [5.41, 5.74) is 0.244. The van der Waals surface area contributed by atoms with Crippen LogP contribution in [0.25, 0.3) is 0 Å². The van der Waals surface area contributed by atoms with Gasteiger partial charge < -0.3 is 10.1 Å². The first-order valence-electron chi connectivity index (χ1n) is 7.31. The summed E-state index contributed by atoms with van der Waals surface area (Å²) in [5, 5.41) is 13.8. The number of nitro benzene ring substituents is 1. The highest BCUT2D eigenvalue weighted by Gasteiger charge is 2.27. The highest BCUT2D eigenvalue weighted by Crippen LogP contribution is 2.34. The molecule has 0 aromatic heterocycles. The molecule has 0 saturated heterocycles. The number of anilines is 2. The number of ether oxygens (including phenoxy) is 1. The van der Waals surface area contributed by atoms with Gasteiger partial charge in [-0.1, -0.05) is 23.2 Å². The van der Waals surface area contributed by atoms with Gasteiger partial charge in [0.25, 0.3) is 11.6 Å². The zero-order chi connectivity index (χ0) is 18.8. The first-order chi connectivity index (χ1) is 12.3. The predicted octanol–water partition coefficient (Wildman–Crippen LogP) is 3.27. The van der Waals surface area contributed by atoms with Crippen LogP contribution >= 0.6 is 23.2 Å². The number of halogens is 2. The summed E-state index contributed by atoms with van der Waals surface area (Å²) in [7, 11) is 0. The van der Waals surface area contributed by atoms with Crippen LogP contribution in [0.2, 0.25) is 10.0 Å². The van der Waals surface area contributed by atoms with Gasteiger partial charge in [0, 0.05) is 16.8 Å². The summed E-state index contributed by atoms with van der Waals surface area (Å²) in [4.78, 5) is 35.9. The smallest absolute Gasteiger partial charge is 0.289 e. The van der Waals surface area contributed by atoms with E-state index in [0.717, 1.165) is 6.07 Å². The van der Waals surface area contributed by atoms with Crippen molar-refractivity contribution in [1.82, 2.24) is 0 Å². The number of fused-ring (bicyclic) bond motifs is 1. The van der Waals surface area contributed by atoms with Crippen molar-refractivity contribution >= 4 is 52.1 Å². The largest absolute Gasteiger partial charge is 0.482 e. The zero-order valence-electron chi connectivity index (χ0n) is 13.1. The predicted molar refractivity (Wildman–Crippen MR) is 96.0 cm³/mol. The Balaban J connectivity index is 1.79. The summed E-state index contributed by atoms with van der Waals surface area (Å²) >= 11 is 11.7. The lowest BCUT2D eigenvalue weighted by atomic mass is 10.2. The Hall–Kier alpha value is -2.84. The molecule has 26 heavy (non-hydrogen) atoms. The van der Waals surface area contributed by atoms with E-state index in [-0.39, 0.29) is 29.5 Å². The quantitative estimate of drug-likeness (QED) is 0.632. The Bertz CT molecular complexity index is 919. The van der Waals surface area contributed by atoms with E-state index >= 15 is 0 Å². The van der Waals surface area contributed by atoms with E-state index in [9.17, 15) is 19.7 Å². The van der Waals surface area contributed by atoms with Gasteiger partial charge in [0.1, 0.15) is 17.3 Å². The molecule has 1 aliphatic rings. The lowest BCUT2D eigenvalue weighted by Gasteiger charge is -2.29. The molecule has 2 aromatic carbocycles. The lowest BCUT2D eigenvalue weighted by molar-refractivity contribution is -0.384. The fraction of sp³-hybridized carbons (Fsp3) is 0.125.